The van der Waals surface area contributed by atoms with Gasteiger partial charge in [0.1, 0.15) is 22.2 Å². The van der Waals surface area contributed by atoms with Gasteiger partial charge in [-0.3, -0.25) is 0 Å². The minimum absolute atomic E-state index is 0.432. The smallest absolute Gasteiger partial charge is 0.252 e. The van der Waals surface area contributed by atoms with Crippen LogP contribution in [0.25, 0.3) is 0 Å². The van der Waals surface area contributed by atoms with Gasteiger partial charge in [0.25, 0.3) is 10.0 Å². The van der Waals surface area contributed by atoms with Crippen molar-refractivity contribution in [1.82, 2.24) is 14.3 Å². The average Bonchev–Trinajstić information content (AvgIpc) is 3.34. The van der Waals surface area contributed by atoms with Gasteiger partial charge in [-0.2, -0.15) is 4.31 Å². The maximum Gasteiger partial charge on any atom is 0.252 e. The van der Waals surface area contributed by atoms with Crippen molar-refractivity contribution >= 4 is 33.0 Å². The number of rotatable bonds is 4. The minimum Gasteiger partial charge on any atom is -0.356 e. The quantitative estimate of drug-likeness (QED) is 0.791. The van der Waals surface area contributed by atoms with Crippen LogP contribution in [0.1, 0.15) is 17.7 Å². The van der Waals surface area contributed by atoms with Crippen LogP contribution in [0.5, 0.6) is 0 Å². The molecule has 4 rings (SSSR count). The molecule has 0 spiro atoms. The molecule has 2 aliphatic heterocycles. The zero-order chi connectivity index (χ0) is 18.1. The van der Waals surface area contributed by atoms with Crippen molar-refractivity contribution in [2.45, 2.75) is 24.0 Å². The number of hydrogen-bond donors (Lipinski definition) is 0. The Morgan fingerprint density at radius 3 is 2.12 bits per heavy atom. The summed E-state index contributed by atoms with van der Waals surface area (Å²) in [4.78, 5) is 14.2. The third kappa shape index (κ3) is 3.43. The summed E-state index contributed by atoms with van der Waals surface area (Å²) >= 11 is 1.33. The summed E-state index contributed by atoms with van der Waals surface area (Å²) in [5.41, 5.74) is 0. The monoisotopic (exact) mass is 393 g/mol. The first-order valence-corrected chi connectivity index (χ1v) is 11.2. The molecule has 0 unspecified atom stereocenters. The van der Waals surface area contributed by atoms with Crippen molar-refractivity contribution in [2.75, 3.05) is 49.1 Å². The molecule has 4 heterocycles. The summed E-state index contributed by atoms with van der Waals surface area (Å²) in [6.07, 6.45) is 4.02. The first kappa shape index (κ1) is 17.7. The van der Waals surface area contributed by atoms with E-state index >= 15 is 0 Å². The molecule has 0 aliphatic carbocycles. The molecule has 2 fully saturated rings. The summed E-state index contributed by atoms with van der Waals surface area (Å²) in [5, 5.41) is 0. The number of sulfonamides is 1. The molecule has 7 nitrogen and oxygen atoms in total. The summed E-state index contributed by atoms with van der Waals surface area (Å²) in [7, 11) is -3.38. The van der Waals surface area contributed by atoms with E-state index in [2.05, 4.69) is 19.8 Å². The van der Waals surface area contributed by atoms with Crippen molar-refractivity contribution < 1.29 is 8.42 Å². The number of anilines is 2. The van der Waals surface area contributed by atoms with Crippen molar-refractivity contribution in [3.8, 4) is 0 Å². The van der Waals surface area contributed by atoms with Gasteiger partial charge in [0, 0.05) is 50.2 Å². The number of nitrogens with zero attached hydrogens (tertiary/aromatic N) is 5. The molecule has 0 amide bonds. The molecule has 0 atom stereocenters. The highest BCUT2D eigenvalue weighted by Crippen LogP contribution is 2.27. The van der Waals surface area contributed by atoms with Crippen LogP contribution >= 0.6 is 11.3 Å². The van der Waals surface area contributed by atoms with E-state index in [1.54, 1.807) is 16.7 Å². The lowest BCUT2D eigenvalue weighted by molar-refractivity contribution is 0.384. The van der Waals surface area contributed by atoms with Crippen molar-refractivity contribution in [3.05, 3.63) is 29.4 Å². The highest BCUT2D eigenvalue weighted by molar-refractivity contribution is 7.91. The molecule has 0 N–H and O–H groups in total. The number of hydrogen-bond acceptors (Lipinski definition) is 7. The molecule has 2 aromatic heterocycles. The fourth-order valence-corrected chi connectivity index (χ4v) is 6.32. The van der Waals surface area contributed by atoms with Crippen molar-refractivity contribution in [2.24, 2.45) is 0 Å². The molecule has 9 heteroatoms. The third-order valence-corrected chi connectivity index (χ3v) is 8.31. The largest absolute Gasteiger partial charge is 0.356 e. The van der Waals surface area contributed by atoms with Crippen LogP contribution in [0.3, 0.4) is 0 Å². The van der Waals surface area contributed by atoms with E-state index in [1.165, 1.54) is 24.2 Å². The minimum atomic E-state index is -3.38. The van der Waals surface area contributed by atoms with Crippen molar-refractivity contribution in [1.29, 1.82) is 0 Å². The van der Waals surface area contributed by atoms with Gasteiger partial charge < -0.3 is 9.80 Å². The average molecular weight is 394 g/mol. The number of thiophene rings is 1. The summed E-state index contributed by atoms with van der Waals surface area (Å²) in [6, 6.07) is 5.58. The maximum absolute atomic E-state index is 12.8. The molecule has 0 radical (unpaired) electrons. The second kappa shape index (κ2) is 7.13. The lowest BCUT2D eigenvalue weighted by atomic mass is 10.3. The Morgan fingerprint density at radius 1 is 0.923 bits per heavy atom. The van der Waals surface area contributed by atoms with Crippen LogP contribution in [-0.2, 0) is 10.0 Å². The Kier molecular flexibility index (Phi) is 4.85. The fourth-order valence-electron chi connectivity index (χ4n) is 3.46. The van der Waals surface area contributed by atoms with Crippen LogP contribution < -0.4 is 9.80 Å². The molecule has 2 saturated heterocycles. The van der Waals surface area contributed by atoms with Crippen molar-refractivity contribution in [3.63, 3.8) is 0 Å². The molecular weight excluding hydrogens is 370 g/mol. The third-order valence-electron chi connectivity index (χ3n) is 4.94. The van der Waals surface area contributed by atoms with E-state index in [0.717, 1.165) is 29.6 Å². The van der Waals surface area contributed by atoms with Gasteiger partial charge in [0.05, 0.1) is 0 Å². The fraction of sp³-hybridized carbons (Fsp3) is 0.529. The highest BCUT2D eigenvalue weighted by atomic mass is 32.2. The van der Waals surface area contributed by atoms with E-state index in [-0.39, 0.29) is 0 Å². The maximum atomic E-state index is 12.8. The molecule has 0 bridgehead atoms. The number of aryl methyl sites for hydroxylation is 1. The SMILES string of the molecule is Cc1ccc(S(=O)(=O)N2CCN(c3cc(N4CCCC4)ncn3)CC2)s1. The van der Waals surface area contributed by atoms with Gasteiger partial charge >= 0.3 is 0 Å². The second-order valence-corrected chi connectivity index (χ2v) is 10.1. The molecule has 0 saturated carbocycles. The Hall–Kier alpha value is -1.71. The van der Waals surface area contributed by atoms with E-state index in [4.69, 9.17) is 0 Å². The van der Waals surface area contributed by atoms with E-state index in [1.807, 2.05) is 19.1 Å². The summed E-state index contributed by atoms with van der Waals surface area (Å²) in [6.45, 7) is 6.24. The van der Waals surface area contributed by atoms with E-state index < -0.39 is 10.0 Å². The Balaban J connectivity index is 1.44. The van der Waals surface area contributed by atoms with Crippen LogP contribution in [0, 0.1) is 6.92 Å². The normalized spacial score (nSPS) is 19.3. The van der Waals surface area contributed by atoms with Gasteiger partial charge in [-0.05, 0) is 31.9 Å². The Labute approximate surface area is 158 Å². The van der Waals surface area contributed by atoms with E-state index in [9.17, 15) is 8.42 Å². The van der Waals surface area contributed by atoms with Gasteiger partial charge in [-0.15, -0.1) is 11.3 Å². The zero-order valence-electron chi connectivity index (χ0n) is 14.8. The topological polar surface area (TPSA) is 69.6 Å². The van der Waals surface area contributed by atoms with Crippen LogP contribution in [0.2, 0.25) is 0 Å². The summed E-state index contributed by atoms with van der Waals surface area (Å²) in [5.74, 6) is 1.85. The lowest BCUT2D eigenvalue weighted by Crippen LogP contribution is -2.48. The molecule has 0 aromatic carbocycles. The van der Waals surface area contributed by atoms with Gasteiger partial charge in [-0.25, -0.2) is 18.4 Å². The van der Waals surface area contributed by atoms with E-state index in [0.29, 0.717) is 30.4 Å². The second-order valence-electron chi connectivity index (χ2n) is 6.68. The summed E-state index contributed by atoms with van der Waals surface area (Å²) < 4.78 is 27.5. The Morgan fingerprint density at radius 2 is 1.54 bits per heavy atom. The molecule has 140 valence electrons. The van der Waals surface area contributed by atoms with Crippen LogP contribution in [-0.4, -0.2) is 62.0 Å². The van der Waals surface area contributed by atoms with Crippen LogP contribution in [0.15, 0.2) is 28.7 Å². The molecular formula is C17H23N5O2S2. The molecule has 2 aliphatic rings. The number of aromatic nitrogens is 2. The first-order chi connectivity index (χ1) is 12.5. The van der Waals surface area contributed by atoms with Gasteiger partial charge in [-0.1, -0.05) is 0 Å². The standard InChI is InChI=1S/C17H23N5O2S2/c1-14-4-5-17(25-14)26(23,24)22-10-8-21(9-11-22)16-12-15(18-13-19-16)20-6-2-3-7-20/h4-5,12-13H,2-3,6-11H2,1H3. The lowest BCUT2D eigenvalue weighted by Gasteiger charge is -2.34. The van der Waals surface area contributed by atoms with Crippen LogP contribution in [0.4, 0.5) is 11.6 Å². The first-order valence-electron chi connectivity index (χ1n) is 8.92. The molecule has 2 aromatic rings. The number of piperazine rings is 1. The van der Waals surface area contributed by atoms with Gasteiger partial charge in [0.15, 0.2) is 0 Å². The zero-order valence-corrected chi connectivity index (χ0v) is 16.5. The highest BCUT2D eigenvalue weighted by Gasteiger charge is 2.30. The van der Waals surface area contributed by atoms with Gasteiger partial charge in [0.2, 0.25) is 0 Å². The Bertz CT molecular complexity index is 869. The molecule has 26 heavy (non-hydrogen) atoms. The predicted molar refractivity (Wildman–Crippen MR) is 104 cm³/mol. The predicted octanol–water partition coefficient (Wildman–Crippen LogP) is 1.96.